The molecule has 0 radical (unpaired) electrons. The lowest BCUT2D eigenvalue weighted by molar-refractivity contribution is 0.102. The lowest BCUT2D eigenvalue weighted by atomic mass is 10.0. The molecule has 180 valence electrons. The first kappa shape index (κ1) is 25.4. The standard InChI is InChI=1S/C27H21N3O3S3/c31-25(28-19-4-1-7-22(34)13-19)16-10-17(26(32)29-20-5-2-8-23(35)14-20)12-18(11-16)27(33)30-21-6-3-9-24(36)15-21/h1-15,34-36H,(H,28,31)(H,29,32)(H,30,33). The molecule has 6 nitrogen and oxygen atoms in total. The SMILES string of the molecule is O=C(Nc1cccc(S)c1)c1cc(C(=O)Nc2cccc(S)c2)cc(C(=O)Nc2cccc(S)c2)c1. The third kappa shape index (κ3) is 6.72. The second-order valence-electron chi connectivity index (χ2n) is 7.81. The molecule has 9 heteroatoms. The molecule has 0 aromatic heterocycles. The van der Waals surface area contributed by atoms with Crippen LogP contribution in [-0.2, 0) is 0 Å². The molecule has 0 saturated heterocycles. The largest absolute Gasteiger partial charge is 0.322 e. The Morgan fingerprint density at radius 2 is 0.722 bits per heavy atom. The molecule has 0 fully saturated rings. The second-order valence-corrected chi connectivity index (χ2v) is 9.36. The smallest absolute Gasteiger partial charge is 0.255 e. The van der Waals surface area contributed by atoms with Crippen LogP contribution in [0.25, 0.3) is 0 Å². The number of carbonyl (C=O) groups is 3. The Labute approximate surface area is 224 Å². The normalized spacial score (nSPS) is 10.4. The number of nitrogens with one attached hydrogen (secondary N) is 3. The summed E-state index contributed by atoms with van der Waals surface area (Å²) in [6.07, 6.45) is 0. The molecule has 3 N–H and O–H groups in total. The van der Waals surface area contributed by atoms with Crippen LogP contribution in [0.15, 0.2) is 106 Å². The Morgan fingerprint density at radius 3 is 0.972 bits per heavy atom. The summed E-state index contributed by atoms with van der Waals surface area (Å²) >= 11 is 12.9. The predicted octanol–water partition coefficient (Wildman–Crippen LogP) is 6.31. The van der Waals surface area contributed by atoms with Crippen molar-refractivity contribution in [3.8, 4) is 0 Å². The van der Waals surface area contributed by atoms with Gasteiger partial charge in [0.1, 0.15) is 0 Å². The van der Waals surface area contributed by atoms with Gasteiger partial charge in [0.05, 0.1) is 0 Å². The topological polar surface area (TPSA) is 87.3 Å². The van der Waals surface area contributed by atoms with Crippen LogP contribution in [0, 0.1) is 0 Å². The quantitative estimate of drug-likeness (QED) is 0.165. The molecule has 4 rings (SSSR count). The number of benzene rings is 4. The van der Waals surface area contributed by atoms with Crippen molar-refractivity contribution in [2.45, 2.75) is 14.7 Å². The summed E-state index contributed by atoms with van der Waals surface area (Å²) in [7, 11) is 0. The van der Waals surface area contributed by atoms with Gasteiger partial charge in [-0.25, -0.2) is 0 Å². The molecule has 0 saturated carbocycles. The second kappa shape index (κ2) is 11.4. The molecule has 36 heavy (non-hydrogen) atoms. The average molecular weight is 532 g/mol. The highest BCUT2D eigenvalue weighted by atomic mass is 32.1. The molecule has 0 bridgehead atoms. The highest BCUT2D eigenvalue weighted by Crippen LogP contribution is 2.20. The minimum Gasteiger partial charge on any atom is -0.322 e. The van der Waals surface area contributed by atoms with Gasteiger partial charge in [-0.15, -0.1) is 37.9 Å². The minimum atomic E-state index is -0.479. The predicted molar refractivity (Wildman–Crippen MR) is 151 cm³/mol. The Hall–Kier alpha value is -3.66. The molecule has 0 unspecified atom stereocenters. The maximum absolute atomic E-state index is 13.1. The fraction of sp³-hybridized carbons (Fsp3) is 0. The van der Waals surface area contributed by atoms with E-state index < -0.39 is 17.7 Å². The van der Waals surface area contributed by atoms with Crippen molar-refractivity contribution in [3.63, 3.8) is 0 Å². The summed E-state index contributed by atoms with van der Waals surface area (Å²) in [5.74, 6) is -1.44. The Kier molecular flexibility index (Phi) is 8.04. The number of amides is 3. The van der Waals surface area contributed by atoms with E-state index in [1.807, 2.05) is 0 Å². The monoisotopic (exact) mass is 531 g/mol. The van der Waals surface area contributed by atoms with E-state index >= 15 is 0 Å². The fourth-order valence-corrected chi connectivity index (χ4v) is 4.06. The molecule has 0 aliphatic carbocycles. The summed E-state index contributed by atoms with van der Waals surface area (Å²) in [6.45, 7) is 0. The molecule has 4 aromatic carbocycles. The van der Waals surface area contributed by atoms with Gasteiger partial charge >= 0.3 is 0 Å². The van der Waals surface area contributed by atoms with Gasteiger partial charge in [-0.2, -0.15) is 0 Å². The van der Waals surface area contributed by atoms with Crippen LogP contribution in [0.4, 0.5) is 17.1 Å². The van der Waals surface area contributed by atoms with E-state index in [-0.39, 0.29) is 16.7 Å². The van der Waals surface area contributed by atoms with Crippen molar-refractivity contribution >= 4 is 72.7 Å². The van der Waals surface area contributed by atoms with E-state index in [1.54, 1.807) is 72.8 Å². The van der Waals surface area contributed by atoms with Gasteiger partial charge in [0.2, 0.25) is 0 Å². The van der Waals surface area contributed by atoms with E-state index in [4.69, 9.17) is 0 Å². The Balaban J connectivity index is 1.66. The van der Waals surface area contributed by atoms with Crippen LogP contribution in [0.5, 0.6) is 0 Å². The van der Waals surface area contributed by atoms with Crippen LogP contribution < -0.4 is 16.0 Å². The van der Waals surface area contributed by atoms with Crippen LogP contribution in [0.2, 0.25) is 0 Å². The molecular formula is C27H21N3O3S3. The molecule has 0 spiro atoms. The third-order valence-electron chi connectivity index (χ3n) is 5.03. The highest BCUT2D eigenvalue weighted by molar-refractivity contribution is 7.80. The van der Waals surface area contributed by atoms with Gasteiger partial charge in [-0.1, -0.05) is 18.2 Å². The van der Waals surface area contributed by atoms with Gasteiger partial charge in [0.15, 0.2) is 0 Å². The minimum absolute atomic E-state index is 0.142. The van der Waals surface area contributed by atoms with E-state index in [0.29, 0.717) is 31.7 Å². The first-order valence-corrected chi connectivity index (χ1v) is 12.1. The molecular weight excluding hydrogens is 511 g/mol. The van der Waals surface area contributed by atoms with Crippen molar-refractivity contribution in [2.75, 3.05) is 16.0 Å². The van der Waals surface area contributed by atoms with E-state index in [0.717, 1.165) is 0 Å². The summed E-state index contributed by atoms with van der Waals surface area (Å²) in [4.78, 5) is 41.2. The van der Waals surface area contributed by atoms with E-state index in [1.165, 1.54) is 18.2 Å². The molecule has 0 heterocycles. The van der Waals surface area contributed by atoms with Gasteiger partial charge in [0, 0.05) is 48.4 Å². The van der Waals surface area contributed by atoms with Gasteiger partial charge in [-0.05, 0) is 72.8 Å². The fourth-order valence-electron chi connectivity index (χ4n) is 3.38. The zero-order valence-electron chi connectivity index (χ0n) is 18.7. The zero-order valence-corrected chi connectivity index (χ0v) is 21.4. The number of anilines is 3. The first-order chi connectivity index (χ1) is 17.3. The molecule has 0 aliphatic heterocycles. The number of carbonyl (C=O) groups excluding carboxylic acids is 3. The summed E-state index contributed by atoms with van der Waals surface area (Å²) < 4.78 is 0. The lowest BCUT2D eigenvalue weighted by Gasteiger charge is -2.12. The maximum atomic E-state index is 13.1. The Bertz CT molecular complexity index is 1290. The zero-order chi connectivity index (χ0) is 25.7. The van der Waals surface area contributed by atoms with Crippen molar-refractivity contribution in [1.29, 1.82) is 0 Å². The van der Waals surface area contributed by atoms with Gasteiger partial charge < -0.3 is 16.0 Å². The van der Waals surface area contributed by atoms with Crippen molar-refractivity contribution in [1.82, 2.24) is 0 Å². The van der Waals surface area contributed by atoms with Gasteiger partial charge in [0.25, 0.3) is 17.7 Å². The first-order valence-electron chi connectivity index (χ1n) is 10.7. The van der Waals surface area contributed by atoms with Crippen molar-refractivity contribution in [2.24, 2.45) is 0 Å². The number of hydrogen-bond acceptors (Lipinski definition) is 6. The Morgan fingerprint density at radius 1 is 0.444 bits per heavy atom. The molecule has 0 aliphatic rings. The molecule has 3 amide bonds. The summed E-state index contributed by atoms with van der Waals surface area (Å²) in [5.41, 5.74) is 2.02. The van der Waals surface area contributed by atoms with Crippen LogP contribution in [0.3, 0.4) is 0 Å². The van der Waals surface area contributed by atoms with Crippen LogP contribution in [-0.4, -0.2) is 17.7 Å². The number of hydrogen-bond donors (Lipinski definition) is 6. The number of thiol groups is 3. The number of rotatable bonds is 6. The van der Waals surface area contributed by atoms with E-state index in [9.17, 15) is 14.4 Å². The van der Waals surface area contributed by atoms with Gasteiger partial charge in [-0.3, -0.25) is 14.4 Å². The van der Waals surface area contributed by atoms with Crippen molar-refractivity contribution in [3.05, 3.63) is 108 Å². The molecule has 0 atom stereocenters. The van der Waals surface area contributed by atoms with Crippen LogP contribution >= 0.6 is 37.9 Å². The molecule has 4 aromatic rings. The van der Waals surface area contributed by atoms with Crippen LogP contribution in [0.1, 0.15) is 31.1 Å². The van der Waals surface area contributed by atoms with E-state index in [2.05, 4.69) is 53.8 Å². The van der Waals surface area contributed by atoms with Crippen molar-refractivity contribution < 1.29 is 14.4 Å². The summed E-state index contributed by atoms with van der Waals surface area (Å²) in [5, 5.41) is 8.32. The third-order valence-corrected chi connectivity index (χ3v) is 5.87. The highest BCUT2D eigenvalue weighted by Gasteiger charge is 2.17. The maximum Gasteiger partial charge on any atom is 0.255 e. The average Bonchev–Trinajstić information content (AvgIpc) is 2.84. The lowest BCUT2D eigenvalue weighted by Crippen LogP contribution is -2.19. The summed E-state index contributed by atoms with van der Waals surface area (Å²) in [6, 6.07) is 25.2.